The maximum absolute atomic E-state index is 13.6. The van der Waals surface area contributed by atoms with Crippen molar-refractivity contribution in [2.45, 2.75) is 25.3 Å². The van der Waals surface area contributed by atoms with E-state index in [0.717, 1.165) is 18.4 Å². The first kappa shape index (κ1) is 13.7. The molecule has 0 saturated heterocycles. The molecular weight excluding hydrogens is 241 g/mol. The summed E-state index contributed by atoms with van der Waals surface area (Å²) in [6.45, 7) is 0. The van der Waals surface area contributed by atoms with Gasteiger partial charge in [-0.05, 0) is 44.0 Å². The topological polar surface area (TPSA) is 29.9 Å². The molecule has 1 N–H and O–H groups in total. The Morgan fingerprint density at radius 3 is 2.74 bits per heavy atom. The van der Waals surface area contributed by atoms with E-state index in [4.69, 9.17) is 0 Å². The second kappa shape index (κ2) is 6.48. The summed E-state index contributed by atoms with van der Waals surface area (Å²) in [5, 5.41) is 7.42. The van der Waals surface area contributed by atoms with Gasteiger partial charge in [0.25, 0.3) is 0 Å². The van der Waals surface area contributed by atoms with E-state index in [9.17, 15) is 4.39 Å². The molecule has 0 amide bonds. The Morgan fingerprint density at radius 1 is 1.32 bits per heavy atom. The first-order chi connectivity index (χ1) is 9.20. The minimum absolute atomic E-state index is 0.122. The van der Waals surface area contributed by atoms with E-state index in [1.54, 1.807) is 12.3 Å². The molecule has 2 aromatic rings. The van der Waals surface area contributed by atoms with Gasteiger partial charge < -0.3 is 5.32 Å². The number of hydrogen-bond acceptors (Lipinski definition) is 2. The second-order valence-electron chi connectivity index (χ2n) is 4.77. The highest BCUT2D eigenvalue weighted by Crippen LogP contribution is 2.12. The van der Waals surface area contributed by atoms with E-state index in [0.29, 0.717) is 6.42 Å². The minimum Gasteiger partial charge on any atom is -0.317 e. The van der Waals surface area contributed by atoms with E-state index in [-0.39, 0.29) is 11.9 Å². The van der Waals surface area contributed by atoms with Crippen LogP contribution in [0.3, 0.4) is 0 Å². The Kier molecular flexibility index (Phi) is 4.68. The van der Waals surface area contributed by atoms with Gasteiger partial charge in [-0.3, -0.25) is 4.68 Å². The highest BCUT2D eigenvalue weighted by atomic mass is 19.1. The Bertz CT molecular complexity index is 522. The average Bonchev–Trinajstić information content (AvgIpc) is 2.82. The molecule has 3 nitrogen and oxygen atoms in total. The third-order valence-corrected chi connectivity index (χ3v) is 3.50. The van der Waals surface area contributed by atoms with Crippen LogP contribution in [-0.2, 0) is 19.9 Å². The molecule has 1 heterocycles. The summed E-state index contributed by atoms with van der Waals surface area (Å²) in [7, 11) is 3.87. The molecule has 0 bridgehead atoms. The highest BCUT2D eigenvalue weighted by Gasteiger charge is 2.11. The molecule has 19 heavy (non-hydrogen) atoms. The van der Waals surface area contributed by atoms with E-state index < -0.39 is 0 Å². The predicted molar refractivity (Wildman–Crippen MR) is 74.5 cm³/mol. The Labute approximate surface area is 113 Å². The van der Waals surface area contributed by atoms with Crippen molar-refractivity contribution in [3.63, 3.8) is 0 Å². The number of aryl methyl sites for hydroxylation is 2. The molecule has 0 spiro atoms. The van der Waals surface area contributed by atoms with Crippen LogP contribution in [0.5, 0.6) is 0 Å². The number of nitrogens with one attached hydrogen (secondary N) is 1. The van der Waals surface area contributed by atoms with Crippen LogP contribution >= 0.6 is 0 Å². The zero-order valence-corrected chi connectivity index (χ0v) is 11.4. The zero-order chi connectivity index (χ0) is 13.7. The number of aromatic nitrogens is 2. The van der Waals surface area contributed by atoms with Crippen LogP contribution in [0.15, 0.2) is 36.5 Å². The van der Waals surface area contributed by atoms with Gasteiger partial charge in [-0.1, -0.05) is 18.2 Å². The van der Waals surface area contributed by atoms with Gasteiger partial charge in [0.15, 0.2) is 0 Å². The van der Waals surface area contributed by atoms with Crippen LogP contribution in [0, 0.1) is 5.82 Å². The normalized spacial score (nSPS) is 12.6. The fourth-order valence-electron chi connectivity index (χ4n) is 2.25. The second-order valence-corrected chi connectivity index (χ2v) is 4.77. The van der Waals surface area contributed by atoms with Gasteiger partial charge in [0, 0.05) is 25.0 Å². The molecule has 0 radical (unpaired) electrons. The van der Waals surface area contributed by atoms with Gasteiger partial charge in [-0.15, -0.1) is 0 Å². The number of halogens is 1. The summed E-state index contributed by atoms with van der Waals surface area (Å²) in [6.07, 6.45) is 4.42. The van der Waals surface area contributed by atoms with E-state index in [2.05, 4.69) is 10.4 Å². The minimum atomic E-state index is -0.122. The van der Waals surface area contributed by atoms with Gasteiger partial charge in [-0.25, -0.2) is 4.39 Å². The van der Waals surface area contributed by atoms with Crippen LogP contribution in [0.2, 0.25) is 0 Å². The van der Waals surface area contributed by atoms with E-state index in [1.165, 1.54) is 11.8 Å². The smallest absolute Gasteiger partial charge is 0.126 e. The summed E-state index contributed by atoms with van der Waals surface area (Å²) < 4.78 is 15.5. The predicted octanol–water partition coefficient (Wildman–Crippen LogP) is 2.32. The van der Waals surface area contributed by atoms with Gasteiger partial charge in [0.1, 0.15) is 5.82 Å². The summed E-state index contributed by atoms with van der Waals surface area (Å²) in [5.41, 5.74) is 1.97. The lowest BCUT2D eigenvalue weighted by Gasteiger charge is -2.16. The first-order valence-electron chi connectivity index (χ1n) is 6.58. The van der Waals surface area contributed by atoms with Crippen molar-refractivity contribution < 1.29 is 4.39 Å². The number of likely N-dealkylation sites (N-methyl/N-ethyl adjacent to an activating group) is 1. The van der Waals surface area contributed by atoms with Gasteiger partial charge >= 0.3 is 0 Å². The lowest BCUT2D eigenvalue weighted by atomic mass is 10.0. The fraction of sp³-hybridized carbons (Fsp3) is 0.400. The summed E-state index contributed by atoms with van der Waals surface area (Å²) >= 11 is 0. The van der Waals surface area contributed by atoms with Crippen molar-refractivity contribution in [1.82, 2.24) is 15.1 Å². The Morgan fingerprint density at radius 2 is 2.11 bits per heavy atom. The zero-order valence-electron chi connectivity index (χ0n) is 11.4. The quantitative estimate of drug-likeness (QED) is 0.865. The molecule has 0 aliphatic heterocycles. The molecular formula is C15H20FN3. The van der Waals surface area contributed by atoms with Crippen molar-refractivity contribution >= 4 is 0 Å². The largest absolute Gasteiger partial charge is 0.317 e. The van der Waals surface area contributed by atoms with Crippen molar-refractivity contribution in [2.24, 2.45) is 7.05 Å². The average molecular weight is 261 g/mol. The molecule has 1 atom stereocenters. The third kappa shape index (κ3) is 3.64. The number of benzene rings is 1. The molecule has 1 unspecified atom stereocenters. The monoisotopic (exact) mass is 261 g/mol. The molecule has 102 valence electrons. The summed E-state index contributed by atoms with van der Waals surface area (Å²) in [4.78, 5) is 0. The number of hydrogen-bond donors (Lipinski definition) is 1. The van der Waals surface area contributed by atoms with Crippen LogP contribution < -0.4 is 5.32 Å². The molecule has 0 saturated carbocycles. The summed E-state index contributed by atoms with van der Waals surface area (Å²) in [6, 6.07) is 9.27. The van der Waals surface area contributed by atoms with Crippen LogP contribution in [0.25, 0.3) is 0 Å². The number of nitrogens with zero attached hydrogens (tertiary/aromatic N) is 2. The Hall–Kier alpha value is -1.68. The first-order valence-corrected chi connectivity index (χ1v) is 6.58. The van der Waals surface area contributed by atoms with Crippen molar-refractivity contribution in [3.8, 4) is 0 Å². The molecule has 1 aromatic carbocycles. The van der Waals surface area contributed by atoms with Gasteiger partial charge in [-0.2, -0.15) is 5.10 Å². The van der Waals surface area contributed by atoms with Crippen LogP contribution in [-0.4, -0.2) is 22.9 Å². The molecule has 0 aliphatic rings. The fourth-order valence-corrected chi connectivity index (χ4v) is 2.25. The van der Waals surface area contributed by atoms with Crippen molar-refractivity contribution in [3.05, 3.63) is 53.6 Å². The standard InChI is InChI=1S/C15H20FN3/c1-17-13(7-8-14-9-10-18-19(14)2)11-12-5-3-4-6-15(12)16/h3-6,9-10,13,17H,7-8,11H2,1-2H3. The van der Waals surface area contributed by atoms with Crippen LogP contribution in [0.1, 0.15) is 17.7 Å². The molecule has 1 aromatic heterocycles. The number of rotatable bonds is 6. The maximum atomic E-state index is 13.6. The molecule has 0 fully saturated rings. The third-order valence-electron chi connectivity index (χ3n) is 3.50. The maximum Gasteiger partial charge on any atom is 0.126 e. The lowest BCUT2D eigenvalue weighted by Crippen LogP contribution is -2.28. The lowest BCUT2D eigenvalue weighted by molar-refractivity contribution is 0.497. The SMILES string of the molecule is CNC(CCc1ccnn1C)Cc1ccccc1F. The molecule has 4 heteroatoms. The van der Waals surface area contributed by atoms with Gasteiger partial charge in [0.2, 0.25) is 0 Å². The summed E-state index contributed by atoms with van der Waals surface area (Å²) in [5.74, 6) is -0.122. The van der Waals surface area contributed by atoms with Gasteiger partial charge in [0.05, 0.1) is 0 Å². The van der Waals surface area contributed by atoms with Crippen LogP contribution in [0.4, 0.5) is 4.39 Å². The molecule has 0 aliphatic carbocycles. The van der Waals surface area contributed by atoms with Crippen molar-refractivity contribution in [1.29, 1.82) is 0 Å². The highest BCUT2D eigenvalue weighted by molar-refractivity contribution is 5.18. The Balaban J connectivity index is 1.94. The molecule has 2 rings (SSSR count). The van der Waals surface area contributed by atoms with Crippen molar-refractivity contribution in [2.75, 3.05) is 7.05 Å². The van der Waals surface area contributed by atoms with E-state index >= 15 is 0 Å². The van der Waals surface area contributed by atoms with E-state index in [1.807, 2.05) is 37.0 Å².